The molecule has 1 N–H and O–H groups in total. The van der Waals surface area contributed by atoms with E-state index in [2.05, 4.69) is 31.0 Å². The van der Waals surface area contributed by atoms with Gasteiger partial charge in [-0.15, -0.1) is 0 Å². The van der Waals surface area contributed by atoms with Crippen LogP contribution in [0.5, 0.6) is 0 Å². The van der Waals surface area contributed by atoms with Crippen molar-refractivity contribution < 1.29 is 0 Å². The van der Waals surface area contributed by atoms with E-state index in [9.17, 15) is 0 Å². The summed E-state index contributed by atoms with van der Waals surface area (Å²) in [5.41, 5.74) is 0. The number of hydrogen-bond acceptors (Lipinski definition) is 2. The van der Waals surface area contributed by atoms with E-state index < -0.39 is 0 Å². The highest BCUT2D eigenvalue weighted by molar-refractivity contribution is 4.81. The molecule has 72 valence electrons. The summed E-state index contributed by atoms with van der Waals surface area (Å²) in [6.07, 6.45) is 0. The summed E-state index contributed by atoms with van der Waals surface area (Å²) in [6, 6.07) is 0. The van der Waals surface area contributed by atoms with E-state index in [1.165, 1.54) is 19.6 Å². The largest absolute Gasteiger partial charge is 0.316 e. The lowest BCUT2D eigenvalue weighted by Gasteiger charge is -2.41. The van der Waals surface area contributed by atoms with Gasteiger partial charge in [0.05, 0.1) is 0 Å². The maximum absolute atomic E-state index is 3.35. The van der Waals surface area contributed by atoms with Crippen molar-refractivity contribution >= 4 is 0 Å². The minimum absolute atomic E-state index is 0.875. The smallest absolute Gasteiger partial charge is 0.0107 e. The van der Waals surface area contributed by atoms with E-state index in [1.807, 2.05) is 0 Å². The molecule has 2 nitrogen and oxygen atoms in total. The van der Waals surface area contributed by atoms with Crippen LogP contribution in [-0.4, -0.2) is 37.6 Å². The average Bonchev–Trinajstić information content (AvgIpc) is 1.93. The summed E-state index contributed by atoms with van der Waals surface area (Å²) in [6.45, 7) is 12.9. The van der Waals surface area contributed by atoms with Gasteiger partial charge in [0.2, 0.25) is 0 Å². The molecule has 12 heavy (non-hydrogen) atoms. The Morgan fingerprint density at radius 1 is 1.42 bits per heavy atom. The summed E-state index contributed by atoms with van der Waals surface area (Å²) in [5, 5.41) is 3.35. The number of likely N-dealkylation sites (tertiary alicyclic amines) is 1. The van der Waals surface area contributed by atoms with Crippen LogP contribution in [0.25, 0.3) is 0 Å². The molecule has 0 aromatic carbocycles. The molecule has 0 saturated carbocycles. The van der Waals surface area contributed by atoms with E-state index in [1.54, 1.807) is 0 Å². The van der Waals surface area contributed by atoms with Gasteiger partial charge in [-0.25, -0.2) is 0 Å². The SMILES string of the molecule is CCNCCN1CC(C(C)C)C1. The van der Waals surface area contributed by atoms with Gasteiger partial charge in [0.25, 0.3) is 0 Å². The van der Waals surface area contributed by atoms with Crippen LogP contribution < -0.4 is 5.32 Å². The molecular formula is C10H22N2. The molecule has 1 aliphatic heterocycles. The van der Waals surface area contributed by atoms with Gasteiger partial charge in [-0.3, -0.25) is 0 Å². The van der Waals surface area contributed by atoms with Gasteiger partial charge in [0, 0.05) is 26.2 Å². The fourth-order valence-electron chi connectivity index (χ4n) is 1.63. The molecule has 0 amide bonds. The zero-order valence-corrected chi connectivity index (χ0v) is 8.64. The highest BCUT2D eigenvalue weighted by Crippen LogP contribution is 2.22. The Balaban J connectivity index is 1.95. The predicted molar refractivity (Wildman–Crippen MR) is 53.3 cm³/mol. The lowest BCUT2D eigenvalue weighted by Crippen LogP contribution is -2.50. The minimum Gasteiger partial charge on any atom is -0.316 e. The number of rotatable bonds is 5. The summed E-state index contributed by atoms with van der Waals surface area (Å²) >= 11 is 0. The molecule has 0 aliphatic carbocycles. The van der Waals surface area contributed by atoms with E-state index in [0.29, 0.717) is 0 Å². The minimum atomic E-state index is 0.875. The Morgan fingerprint density at radius 3 is 2.58 bits per heavy atom. The maximum Gasteiger partial charge on any atom is 0.0107 e. The van der Waals surface area contributed by atoms with Gasteiger partial charge in [-0.2, -0.15) is 0 Å². The number of nitrogens with zero attached hydrogens (tertiary/aromatic N) is 1. The Hall–Kier alpha value is -0.0800. The van der Waals surface area contributed by atoms with Crippen molar-refractivity contribution in [3.8, 4) is 0 Å². The maximum atomic E-state index is 3.35. The molecular weight excluding hydrogens is 148 g/mol. The highest BCUT2D eigenvalue weighted by atomic mass is 15.2. The van der Waals surface area contributed by atoms with E-state index in [0.717, 1.165) is 24.9 Å². The topological polar surface area (TPSA) is 15.3 Å². The molecule has 1 aliphatic rings. The summed E-state index contributed by atoms with van der Waals surface area (Å²) in [7, 11) is 0. The molecule has 1 heterocycles. The van der Waals surface area contributed by atoms with Crippen LogP contribution in [0.4, 0.5) is 0 Å². The molecule has 2 heteroatoms. The first-order valence-electron chi connectivity index (χ1n) is 5.17. The van der Waals surface area contributed by atoms with Crippen molar-refractivity contribution in [2.45, 2.75) is 20.8 Å². The van der Waals surface area contributed by atoms with Crippen LogP contribution in [0.3, 0.4) is 0 Å². The third kappa shape index (κ3) is 2.76. The molecule has 0 unspecified atom stereocenters. The van der Waals surface area contributed by atoms with Gasteiger partial charge in [0.1, 0.15) is 0 Å². The van der Waals surface area contributed by atoms with E-state index >= 15 is 0 Å². The summed E-state index contributed by atoms with van der Waals surface area (Å²) in [5.74, 6) is 1.84. The van der Waals surface area contributed by atoms with Crippen LogP contribution >= 0.6 is 0 Å². The van der Waals surface area contributed by atoms with Crippen LogP contribution in [0.15, 0.2) is 0 Å². The lowest BCUT2D eigenvalue weighted by atomic mass is 9.88. The van der Waals surface area contributed by atoms with Crippen LogP contribution in [0, 0.1) is 11.8 Å². The normalized spacial score (nSPS) is 20.0. The molecule has 0 atom stereocenters. The Kier molecular flexibility index (Phi) is 4.02. The molecule has 0 radical (unpaired) electrons. The third-order valence-corrected chi connectivity index (χ3v) is 2.78. The second-order valence-corrected chi connectivity index (χ2v) is 4.12. The van der Waals surface area contributed by atoms with Crippen LogP contribution in [-0.2, 0) is 0 Å². The van der Waals surface area contributed by atoms with Crippen molar-refractivity contribution in [1.29, 1.82) is 0 Å². The van der Waals surface area contributed by atoms with E-state index in [4.69, 9.17) is 0 Å². The lowest BCUT2D eigenvalue weighted by molar-refractivity contribution is 0.0699. The van der Waals surface area contributed by atoms with Gasteiger partial charge < -0.3 is 10.2 Å². The first-order chi connectivity index (χ1) is 5.74. The van der Waals surface area contributed by atoms with Crippen LogP contribution in [0.1, 0.15) is 20.8 Å². The standard InChI is InChI=1S/C10H22N2/c1-4-11-5-6-12-7-10(8-12)9(2)3/h9-11H,4-8H2,1-3H3. The van der Waals surface area contributed by atoms with Crippen molar-refractivity contribution in [1.82, 2.24) is 10.2 Å². The summed E-state index contributed by atoms with van der Waals surface area (Å²) in [4.78, 5) is 2.54. The fraction of sp³-hybridized carbons (Fsp3) is 1.00. The van der Waals surface area contributed by atoms with E-state index in [-0.39, 0.29) is 0 Å². The molecule has 0 aromatic heterocycles. The Labute approximate surface area is 76.3 Å². The quantitative estimate of drug-likeness (QED) is 0.623. The fourth-order valence-corrected chi connectivity index (χ4v) is 1.63. The number of likely N-dealkylation sites (N-methyl/N-ethyl adjacent to an activating group) is 1. The molecule has 0 bridgehead atoms. The van der Waals surface area contributed by atoms with Crippen molar-refractivity contribution in [2.24, 2.45) is 11.8 Å². The first-order valence-corrected chi connectivity index (χ1v) is 5.17. The second-order valence-electron chi connectivity index (χ2n) is 4.12. The van der Waals surface area contributed by atoms with Crippen molar-refractivity contribution in [2.75, 3.05) is 32.7 Å². The predicted octanol–water partition coefficient (Wildman–Crippen LogP) is 1.18. The Morgan fingerprint density at radius 2 is 2.08 bits per heavy atom. The molecule has 1 rings (SSSR count). The van der Waals surface area contributed by atoms with Gasteiger partial charge in [0.15, 0.2) is 0 Å². The van der Waals surface area contributed by atoms with Gasteiger partial charge in [-0.05, 0) is 18.4 Å². The monoisotopic (exact) mass is 170 g/mol. The van der Waals surface area contributed by atoms with Crippen molar-refractivity contribution in [3.63, 3.8) is 0 Å². The second kappa shape index (κ2) is 4.83. The average molecular weight is 170 g/mol. The van der Waals surface area contributed by atoms with Crippen LogP contribution in [0.2, 0.25) is 0 Å². The number of hydrogen-bond donors (Lipinski definition) is 1. The summed E-state index contributed by atoms with van der Waals surface area (Å²) < 4.78 is 0. The molecule has 1 fully saturated rings. The number of nitrogens with one attached hydrogen (secondary N) is 1. The molecule has 0 spiro atoms. The zero-order valence-electron chi connectivity index (χ0n) is 8.64. The first kappa shape index (κ1) is 10.0. The highest BCUT2D eigenvalue weighted by Gasteiger charge is 2.27. The third-order valence-electron chi connectivity index (χ3n) is 2.78. The van der Waals surface area contributed by atoms with Crippen molar-refractivity contribution in [3.05, 3.63) is 0 Å². The zero-order chi connectivity index (χ0) is 8.97. The molecule has 1 saturated heterocycles. The Bertz CT molecular complexity index is 117. The van der Waals surface area contributed by atoms with Gasteiger partial charge in [-0.1, -0.05) is 20.8 Å². The van der Waals surface area contributed by atoms with Gasteiger partial charge >= 0.3 is 0 Å². The molecule has 0 aromatic rings.